The van der Waals surface area contributed by atoms with Crippen LogP contribution in [0.15, 0.2) is 53.4 Å². The summed E-state index contributed by atoms with van der Waals surface area (Å²) >= 11 is 1.41. The van der Waals surface area contributed by atoms with Gasteiger partial charge in [0.05, 0.1) is 22.9 Å². The molecule has 2 aromatic carbocycles. The van der Waals surface area contributed by atoms with E-state index in [-0.39, 0.29) is 17.4 Å². The van der Waals surface area contributed by atoms with E-state index in [0.717, 1.165) is 41.9 Å². The minimum Gasteiger partial charge on any atom is -0.350 e. The van der Waals surface area contributed by atoms with Gasteiger partial charge in [-0.3, -0.25) is 9.59 Å². The van der Waals surface area contributed by atoms with Gasteiger partial charge in [-0.25, -0.2) is 0 Å². The Labute approximate surface area is 193 Å². The van der Waals surface area contributed by atoms with Crippen molar-refractivity contribution in [3.8, 4) is 6.07 Å². The maximum Gasteiger partial charge on any atom is 0.256 e. The van der Waals surface area contributed by atoms with E-state index in [9.17, 15) is 9.59 Å². The lowest BCUT2D eigenvalue weighted by Gasteiger charge is -2.56. The van der Waals surface area contributed by atoms with E-state index in [2.05, 4.69) is 16.7 Å². The molecule has 4 bridgehead atoms. The van der Waals surface area contributed by atoms with Gasteiger partial charge < -0.3 is 10.6 Å². The molecule has 5 nitrogen and oxygen atoms in total. The summed E-state index contributed by atoms with van der Waals surface area (Å²) in [6.07, 6.45) is 7.47. The molecule has 164 valence electrons. The third-order valence-electron chi connectivity index (χ3n) is 7.21. The van der Waals surface area contributed by atoms with Crippen LogP contribution in [0.4, 0.5) is 5.69 Å². The fourth-order valence-electron chi connectivity index (χ4n) is 6.35. The molecule has 6 heteroatoms. The van der Waals surface area contributed by atoms with Crippen LogP contribution in [0.1, 0.15) is 54.4 Å². The van der Waals surface area contributed by atoms with Crippen LogP contribution < -0.4 is 10.6 Å². The molecule has 32 heavy (non-hydrogen) atoms. The summed E-state index contributed by atoms with van der Waals surface area (Å²) in [5.41, 5.74) is 1.74. The second-order valence-electron chi connectivity index (χ2n) is 9.67. The molecular weight excluding hydrogens is 418 g/mol. The highest BCUT2D eigenvalue weighted by Gasteiger charge is 2.51. The van der Waals surface area contributed by atoms with Gasteiger partial charge in [0.1, 0.15) is 0 Å². The lowest BCUT2D eigenvalue weighted by molar-refractivity contribution is -0.124. The molecule has 2 N–H and O–H groups in total. The number of benzene rings is 2. The van der Waals surface area contributed by atoms with Gasteiger partial charge in [0.25, 0.3) is 5.91 Å². The van der Waals surface area contributed by atoms with E-state index in [1.807, 2.05) is 18.2 Å². The number of nitrogens with zero attached hydrogens (tertiary/aromatic N) is 1. The molecule has 4 fully saturated rings. The van der Waals surface area contributed by atoms with Gasteiger partial charge in [0.15, 0.2) is 0 Å². The molecule has 0 unspecified atom stereocenters. The molecular formula is C26H27N3O2S. The van der Waals surface area contributed by atoms with Gasteiger partial charge in [-0.15, -0.1) is 11.8 Å². The van der Waals surface area contributed by atoms with E-state index in [0.29, 0.717) is 22.6 Å². The Kier molecular flexibility index (Phi) is 5.69. The first-order chi connectivity index (χ1) is 15.5. The number of thioether (sulfide) groups is 1. The van der Waals surface area contributed by atoms with E-state index < -0.39 is 0 Å². The van der Waals surface area contributed by atoms with Crippen LogP contribution in [-0.4, -0.2) is 23.1 Å². The minimum absolute atomic E-state index is 0.0128. The van der Waals surface area contributed by atoms with Crippen molar-refractivity contribution >= 4 is 29.3 Å². The second kappa shape index (κ2) is 8.63. The summed E-state index contributed by atoms with van der Waals surface area (Å²) in [7, 11) is 0. The van der Waals surface area contributed by atoms with Gasteiger partial charge >= 0.3 is 0 Å². The molecule has 0 heterocycles. The molecule has 0 saturated heterocycles. The first-order valence-electron chi connectivity index (χ1n) is 11.4. The van der Waals surface area contributed by atoms with E-state index in [4.69, 9.17) is 5.26 Å². The van der Waals surface area contributed by atoms with Crippen LogP contribution in [0.3, 0.4) is 0 Å². The summed E-state index contributed by atoms with van der Waals surface area (Å²) in [4.78, 5) is 26.5. The predicted octanol–water partition coefficient (Wildman–Crippen LogP) is 4.99. The van der Waals surface area contributed by atoms with Crippen LogP contribution in [-0.2, 0) is 4.79 Å². The molecule has 4 saturated carbocycles. The Bertz CT molecular complexity index is 1040. The number of rotatable bonds is 6. The summed E-state index contributed by atoms with van der Waals surface area (Å²) in [5.74, 6) is 2.53. The van der Waals surface area contributed by atoms with E-state index in [1.165, 1.54) is 31.0 Å². The Balaban J connectivity index is 1.21. The monoisotopic (exact) mass is 445 g/mol. The quantitative estimate of drug-likeness (QED) is 0.614. The zero-order valence-corrected chi connectivity index (χ0v) is 18.8. The highest BCUT2D eigenvalue weighted by Crippen LogP contribution is 2.55. The Hall–Kier alpha value is -2.78. The maximum atomic E-state index is 12.9. The van der Waals surface area contributed by atoms with Crippen molar-refractivity contribution in [2.75, 3.05) is 11.1 Å². The Morgan fingerprint density at radius 1 is 0.969 bits per heavy atom. The molecule has 4 aliphatic rings. The van der Waals surface area contributed by atoms with Crippen molar-refractivity contribution in [3.63, 3.8) is 0 Å². The molecule has 0 aromatic heterocycles. The molecule has 0 spiro atoms. The lowest BCUT2D eigenvalue weighted by Crippen LogP contribution is -2.60. The standard InChI is InChI=1S/C26H27N3O2S/c27-15-17-5-7-21(8-6-17)28-25(31)22-3-1-2-4-23(22)32-16-24(30)29-26-12-18-9-19(13-26)11-20(10-18)14-26/h1-8,18-20H,9-14,16H2,(H,28,31)(H,29,30). The molecule has 2 amide bonds. The van der Waals surface area contributed by atoms with Crippen molar-refractivity contribution in [3.05, 3.63) is 59.7 Å². The summed E-state index contributed by atoms with van der Waals surface area (Å²) < 4.78 is 0. The molecule has 0 aliphatic heterocycles. The summed E-state index contributed by atoms with van der Waals surface area (Å²) in [6, 6.07) is 16.2. The summed E-state index contributed by atoms with van der Waals surface area (Å²) in [5, 5.41) is 15.2. The fraction of sp³-hybridized carbons (Fsp3) is 0.423. The SMILES string of the molecule is N#Cc1ccc(NC(=O)c2ccccc2SCC(=O)NC23CC4CC(CC(C4)C2)C3)cc1. The molecule has 0 radical (unpaired) electrons. The number of hydrogen-bond donors (Lipinski definition) is 2. The molecule has 2 aromatic rings. The maximum absolute atomic E-state index is 12.9. The normalized spacial score (nSPS) is 27.5. The van der Waals surface area contributed by atoms with E-state index >= 15 is 0 Å². The van der Waals surface area contributed by atoms with Crippen LogP contribution in [0, 0.1) is 29.1 Å². The number of carbonyl (C=O) groups is 2. The highest BCUT2D eigenvalue weighted by atomic mass is 32.2. The Morgan fingerprint density at radius 2 is 1.59 bits per heavy atom. The average Bonchev–Trinajstić information content (AvgIpc) is 2.77. The number of carbonyl (C=O) groups excluding carboxylic acids is 2. The first kappa shape index (κ1) is 21.1. The smallest absolute Gasteiger partial charge is 0.256 e. The zero-order chi connectivity index (χ0) is 22.1. The van der Waals surface area contributed by atoms with Gasteiger partial charge in [-0.2, -0.15) is 5.26 Å². The molecule has 6 rings (SSSR count). The highest BCUT2D eigenvalue weighted by molar-refractivity contribution is 8.00. The van der Waals surface area contributed by atoms with Gasteiger partial charge in [0, 0.05) is 16.1 Å². The largest absolute Gasteiger partial charge is 0.350 e. The minimum atomic E-state index is -0.223. The number of amides is 2. The fourth-order valence-corrected chi connectivity index (χ4v) is 7.20. The number of anilines is 1. The van der Waals surface area contributed by atoms with Crippen molar-refractivity contribution in [2.45, 2.75) is 49.0 Å². The zero-order valence-electron chi connectivity index (χ0n) is 18.0. The first-order valence-corrected chi connectivity index (χ1v) is 12.3. The third-order valence-corrected chi connectivity index (χ3v) is 8.28. The topological polar surface area (TPSA) is 82.0 Å². The lowest BCUT2D eigenvalue weighted by atomic mass is 9.53. The third kappa shape index (κ3) is 4.40. The Morgan fingerprint density at radius 3 is 2.22 bits per heavy atom. The predicted molar refractivity (Wildman–Crippen MR) is 125 cm³/mol. The van der Waals surface area contributed by atoms with Crippen LogP contribution in [0.25, 0.3) is 0 Å². The van der Waals surface area contributed by atoms with Crippen molar-refractivity contribution in [2.24, 2.45) is 17.8 Å². The molecule has 0 atom stereocenters. The van der Waals surface area contributed by atoms with Crippen LogP contribution in [0.2, 0.25) is 0 Å². The number of nitrogens with one attached hydrogen (secondary N) is 2. The van der Waals surface area contributed by atoms with Gasteiger partial charge in [-0.1, -0.05) is 12.1 Å². The van der Waals surface area contributed by atoms with Crippen molar-refractivity contribution in [1.29, 1.82) is 5.26 Å². The van der Waals surface area contributed by atoms with E-state index in [1.54, 1.807) is 30.3 Å². The van der Waals surface area contributed by atoms with Gasteiger partial charge in [-0.05, 0) is 92.7 Å². The van der Waals surface area contributed by atoms with Crippen molar-refractivity contribution in [1.82, 2.24) is 5.32 Å². The van der Waals surface area contributed by atoms with Crippen LogP contribution >= 0.6 is 11.8 Å². The molecule has 4 aliphatic carbocycles. The van der Waals surface area contributed by atoms with Crippen molar-refractivity contribution < 1.29 is 9.59 Å². The average molecular weight is 446 g/mol. The second-order valence-corrected chi connectivity index (χ2v) is 10.7. The van der Waals surface area contributed by atoms with Crippen LogP contribution in [0.5, 0.6) is 0 Å². The van der Waals surface area contributed by atoms with Gasteiger partial charge in [0.2, 0.25) is 5.91 Å². The summed E-state index contributed by atoms with van der Waals surface area (Å²) in [6.45, 7) is 0. The number of nitriles is 1. The number of hydrogen-bond acceptors (Lipinski definition) is 4.